The summed E-state index contributed by atoms with van der Waals surface area (Å²) in [4.78, 5) is 30.2. The molecule has 1 saturated heterocycles. The fraction of sp³-hybridized carbons (Fsp3) is 0.632. The van der Waals surface area contributed by atoms with Crippen molar-refractivity contribution in [1.82, 2.24) is 20.9 Å². The number of guanidine groups is 1. The van der Waals surface area contributed by atoms with Crippen LogP contribution in [0.1, 0.15) is 49.2 Å². The second-order valence-electron chi connectivity index (χ2n) is 6.63. The molecule has 28 heavy (non-hydrogen) atoms. The summed E-state index contributed by atoms with van der Waals surface area (Å²) < 4.78 is 5.17. The molecule has 1 aromatic heterocycles. The first kappa shape index (κ1) is 24.3. The topological polar surface area (TPSA) is 99.0 Å². The molecule has 2 amide bonds. The van der Waals surface area contributed by atoms with Crippen molar-refractivity contribution in [3.05, 3.63) is 23.7 Å². The Labute approximate surface area is 183 Å². The number of likely N-dealkylation sites (tertiary alicyclic amines) is 1. The number of nitrogens with zero attached hydrogens (tertiary/aromatic N) is 2. The van der Waals surface area contributed by atoms with Crippen LogP contribution in [0.25, 0.3) is 0 Å². The van der Waals surface area contributed by atoms with Crippen molar-refractivity contribution in [3.8, 4) is 0 Å². The van der Waals surface area contributed by atoms with E-state index >= 15 is 0 Å². The Morgan fingerprint density at radius 2 is 2.11 bits per heavy atom. The fourth-order valence-electron chi connectivity index (χ4n) is 3.00. The molecule has 1 atom stereocenters. The van der Waals surface area contributed by atoms with Gasteiger partial charge in [-0.1, -0.05) is 6.92 Å². The Balaban J connectivity index is 0.00000392. The number of nitrogens with one attached hydrogen (secondary N) is 3. The molecule has 0 radical (unpaired) electrons. The number of carbonyl (C=O) groups excluding carboxylic acids is 2. The van der Waals surface area contributed by atoms with Crippen LogP contribution in [0, 0.1) is 6.92 Å². The molecule has 0 saturated carbocycles. The lowest BCUT2D eigenvalue weighted by atomic mass is 10.2. The highest BCUT2D eigenvalue weighted by molar-refractivity contribution is 14.0. The maximum atomic E-state index is 12.0. The molecule has 158 valence electrons. The Morgan fingerprint density at radius 1 is 1.32 bits per heavy atom. The molecule has 0 aliphatic carbocycles. The molecule has 0 aromatic carbocycles. The van der Waals surface area contributed by atoms with E-state index in [-0.39, 0.29) is 41.8 Å². The van der Waals surface area contributed by atoms with E-state index in [0.29, 0.717) is 25.3 Å². The van der Waals surface area contributed by atoms with Crippen LogP contribution in [0.2, 0.25) is 0 Å². The van der Waals surface area contributed by atoms with Gasteiger partial charge in [0.1, 0.15) is 0 Å². The van der Waals surface area contributed by atoms with Crippen LogP contribution in [0.5, 0.6) is 0 Å². The second kappa shape index (κ2) is 12.6. The number of hydrogen-bond acceptors (Lipinski definition) is 4. The zero-order valence-corrected chi connectivity index (χ0v) is 19.2. The smallest absolute Gasteiger partial charge is 0.287 e. The average Bonchev–Trinajstić information content (AvgIpc) is 3.29. The third kappa shape index (κ3) is 7.33. The van der Waals surface area contributed by atoms with Gasteiger partial charge in [-0.25, -0.2) is 0 Å². The molecular formula is C19H32IN5O3. The normalized spacial score (nSPS) is 16.5. The Hall–Kier alpha value is -1.78. The summed E-state index contributed by atoms with van der Waals surface area (Å²) in [5.41, 5.74) is 0.830. The first-order valence-corrected chi connectivity index (χ1v) is 9.70. The zero-order valence-electron chi connectivity index (χ0n) is 16.9. The van der Waals surface area contributed by atoms with Crippen molar-refractivity contribution in [2.24, 2.45) is 4.99 Å². The van der Waals surface area contributed by atoms with E-state index in [1.807, 2.05) is 25.7 Å². The van der Waals surface area contributed by atoms with Crippen molar-refractivity contribution < 1.29 is 14.0 Å². The minimum absolute atomic E-state index is 0. The number of rotatable bonds is 8. The SMILES string of the molecule is CCNC(=NCCCNC(=O)c1occc1C)NC1CCN(C(=O)CC)C1.I. The Morgan fingerprint density at radius 3 is 2.75 bits per heavy atom. The molecule has 2 rings (SSSR count). The van der Waals surface area contributed by atoms with Crippen molar-refractivity contribution in [3.63, 3.8) is 0 Å². The first-order chi connectivity index (χ1) is 13.0. The standard InChI is InChI=1S/C19H31N5O3.HI/c1-4-16(25)24-11-7-15(13-24)23-19(20-5-2)22-10-6-9-21-18(26)17-14(3)8-12-27-17;/h8,12,15H,4-7,9-11,13H2,1-3H3,(H,21,26)(H2,20,22,23);1H. The monoisotopic (exact) mass is 505 g/mol. The molecule has 0 spiro atoms. The van der Waals surface area contributed by atoms with Crippen LogP contribution >= 0.6 is 24.0 Å². The number of halogens is 1. The van der Waals surface area contributed by atoms with Crippen LogP contribution in [-0.2, 0) is 4.79 Å². The number of aliphatic imine (C=N–C) groups is 1. The minimum Gasteiger partial charge on any atom is -0.459 e. The molecule has 1 aliphatic rings. The van der Waals surface area contributed by atoms with Gasteiger partial charge in [-0.05, 0) is 32.8 Å². The van der Waals surface area contributed by atoms with Gasteiger partial charge in [-0.2, -0.15) is 0 Å². The second-order valence-corrected chi connectivity index (χ2v) is 6.63. The van der Waals surface area contributed by atoms with Crippen molar-refractivity contribution in [2.75, 3.05) is 32.7 Å². The highest BCUT2D eigenvalue weighted by atomic mass is 127. The summed E-state index contributed by atoms with van der Waals surface area (Å²) in [5, 5.41) is 9.47. The van der Waals surface area contributed by atoms with Gasteiger partial charge in [0.05, 0.1) is 6.26 Å². The summed E-state index contributed by atoms with van der Waals surface area (Å²) in [6, 6.07) is 1.99. The molecule has 2 heterocycles. The molecule has 1 aliphatic heterocycles. The predicted octanol–water partition coefficient (Wildman–Crippen LogP) is 1.89. The molecule has 8 nitrogen and oxygen atoms in total. The first-order valence-electron chi connectivity index (χ1n) is 9.70. The summed E-state index contributed by atoms with van der Waals surface area (Å²) >= 11 is 0. The van der Waals surface area contributed by atoms with Crippen molar-refractivity contribution >= 4 is 41.8 Å². The Bertz CT molecular complexity index is 662. The van der Waals surface area contributed by atoms with E-state index < -0.39 is 0 Å². The minimum atomic E-state index is -0.196. The van der Waals surface area contributed by atoms with E-state index in [2.05, 4.69) is 20.9 Å². The van der Waals surface area contributed by atoms with Crippen molar-refractivity contribution in [1.29, 1.82) is 0 Å². The zero-order chi connectivity index (χ0) is 19.6. The van der Waals surface area contributed by atoms with E-state index in [1.165, 1.54) is 6.26 Å². The lowest BCUT2D eigenvalue weighted by Gasteiger charge is -2.18. The van der Waals surface area contributed by atoms with Gasteiger partial charge < -0.3 is 25.3 Å². The average molecular weight is 505 g/mol. The van der Waals surface area contributed by atoms with Gasteiger partial charge in [0.15, 0.2) is 11.7 Å². The lowest BCUT2D eigenvalue weighted by Crippen LogP contribution is -2.45. The van der Waals surface area contributed by atoms with Crippen molar-refractivity contribution in [2.45, 2.75) is 46.1 Å². The molecule has 1 fully saturated rings. The Kier molecular flexibility index (Phi) is 10.9. The van der Waals surface area contributed by atoms with Gasteiger partial charge in [0, 0.05) is 50.7 Å². The van der Waals surface area contributed by atoms with Crippen LogP contribution < -0.4 is 16.0 Å². The van der Waals surface area contributed by atoms with Crippen LogP contribution in [0.4, 0.5) is 0 Å². The van der Waals surface area contributed by atoms with Crippen LogP contribution in [0.15, 0.2) is 21.7 Å². The molecule has 1 aromatic rings. The van der Waals surface area contributed by atoms with E-state index in [4.69, 9.17) is 4.42 Å². The summed E-state index contributed by atoms with van der Waals surface area (Å²) in [5.74, 6) is 1.12. The maximum Gasteiger partial charge on any atom is 0.287 e. The van der Waals surface area contributed by atoms with Gasteiger partial charge >= 0.3 is 0 Å². The molecule has 1 unspecified atom stereocenters. The molecular weight excluding hydrogens is 473 g/mol. The number of furan rings is 1. The number of hydrogen-bond donors (Lipinski definition) is 3. The number of aryl methyl sites for hydroxylation is 1. The maximum absolute atomic E-state index is 12.0. The van der Waals surface area contributed by atoms with E-state index in [9.17, 15) is 9.59 Å². The summed E-state index contributed by atoms with van der Waals surface area (Å²) in [6.07, 6.45) is 3.72. The van der Waals surface area contributed by atoms with Gasteiger partial charge in [0.25, 0.3) is 5.91 Å². The van der Waals surface area contributed by atoms with E-state index in [0.717, 1.165) is 44.0 Å². The quantitative estimate of drug-likeness (QED) is 0.217. The van der Waals surface area contributed by atoms with Gasteiger partial charge in [-0.3, -0.25) is 14.6 Å². The molecule has 3 N–H and O–H groups in total. The molecule has 0 bridgehead atoms. The van der Waals surface area contributed by atoms with Crippen LogP contribution in [0.3, 0.4) is 0 Å². The van der Waals surface area contributed by atoms with E-state index in [1.54, 1.807) is 6.07 Å². The summed E-state index contributed by atoms with van der Waals surface area (Å²) in [7, 11) is 0. The third-order valence-electron chi connectivity index (χ3n) is 4.49. The predicted molar refractivity (Wildman–Crippen MR) is 120 cm³/mol. The fourth-order valence-corrected chi connectivity index (χ4v) is 3.00. The van der Waals surface area contributed by atoms with Gasteiger partial charge in [0.2, 0.25) is 5.91 Å². The largest absolute Gasteiger partial charge is 0.459 e. The summed E-state index contributed by atoms with van der Waals surface area (Å²) in [6.45, 7) is 9.16. The number of carbonyl (C=O) groups is 2. The highest BCUT2D eigenvalue weighted by Crippen LogP contribution is 2.10. The number of amides is 2. The third-order valence-corrected chi connectivity index (χ3v) is 4.49. The van der Waals surface area contributed by atoms with Crippen LogP contribution in [-0.4, -0.2) is 61.4 Å². The highest BCUT2D eigenvalue weighted by Gasteiger charge is 2.25. The van der Waals surface area contributed by atoms with Gasteiger partial charge in [-0.15, -0.1) is 24.0 Å². The lowest BCUT2D eigenvalue weighted by molar-refractivity contribution is -0.129. The molecule has 9 heteroatoms.